The average molecular weight is 583 g/mol. The van der Waals surface area contributed by atoms with Crippen molar-refractivity contribution in [3.63, 3.8) is 0 Å². The summed E-state index contributed by atoms with van der Waals surface area (Å²) in [7, 11) is 1.67. The molecule has 4 aromatic carbocycles. The predicted octanol–water partition coefficient (Wildman–Crippen LogP) is 7.23. The van der Waals surface area contributed by atoms with Crippen LogP contribution in [0.25, 0.3) is 44.1 Å². The van der Waals surface area contributed by atoms with Crippen LogP contribution in [-0.4, -0.2) is 41.1 Å². The Balaban J connectivity index is 0.000000143. The molecule has 44 heavy (non-hydrogen) atoms. The Hall–Kier alpha value is -5.30. The summed E-state index contributed by atoms with van der Waals surface area (Å²) in [6.45, 7) is 5.61. The maximum Gasteiger partial charge on any atom is 0.268 e. The number of benzene rings is 4. The van der Waals surface area contributed by atoms with E-state index in [0.29, 0.717) is 13.1 Å². The van der Waals surface area contributed by atoms with Gasteiger partial charge in [0.05, 0.1) is 18.1 Å². The number of nitrogens with one attached hydrogen (secondary N) is 2. The van der Waals surface area contributed by atoms with Crippen LogP contribution in [0.15, 0.2) is 103 Å². The summed E-state index contributed by atoms with van der Waals surface area (Å²) in [4.78, 5) is 24.3. The maximum absolute atomic E-state index is 12.2. The number of methoxy groups -OCH3 is 1. The zero-order valence-corrected chi connectivity index (χ0v) is 25.0. The van der Waals surface area contributed by atoms with Crippen LogP contribution in [0.1, 0.15) is 46.9 Å². The van der Waals surface area contributed by atoms with E-state index in [1.54, 1.807) is 7.11 Å². The maximum atomic E-state index is 12.2. The van der Waals surface area contributed by atoms with Gasteiger partial charge in [0.15, 0.2) is 0 Å². The fraction of sp³-hybridized carbons (Fsp3) is 0.189. The van der Waals surface area contributed by atoms with E-state index in [1.807, 2.05) is 48.5 Å². The lowest BCUT2D eigenvalue weighted by atomic mass is 10.0. The predicted molar refractivity (Wildman–Crippen MR) is 175 cm³/mol. The first-order chi connectivity index (χ1) is 21.4. The summed E-state index contributed by atoms with van der Waals surface area (Å²) < 4.78 is 9.58. The molecule has 7 nitrogen and oxygen atoms in total. The molecule has 0 unspecified atom stereocenters. The highest BCUT2D eigenvalue weighted by Crippen LogP contribution is 2.36. The van der Waals surface area contributed by atoms with Crippen LogP contribution in [0, 0.1) is 0 Å². The minimum atomic E-state index is -0.0000177. The van der Waals surface area contributed by atoms with Gasteiger partial charge in [-0.15, -0.1) is 0 Å². The summed E-state index contributed by atoms with van der Waals surface area (Å²) in [5, 5.41) is 8.11. The molecule has 0 bridgehead atoms. The van der Waals surface area contributed by atoms with Gasteiger partial charge in [0, 0.05) is 47.1 Å². The fourth-order valence-electron chi connectivity index (χ4n) is 6.53. The Bertz CT molecular complexity index is 2020. The lowest BCUT2D eigenvalue weighted by molar-refractivity contribution is 0.0911. The summed E-state index contributed by atoms with van der Waals surface area (Å²) >= 11 is 0. The van der Waals surface area contributed by atoms with Gasteiger partial charge in [-0.25, -0.2) is 0 Å². The highest BCUT2D eigenvalue weighted by Gasteiger charge is 2.27. The van der Waals surface area contributed by atoms with Crippen molar-refractivity contribution in [2.75, 3.05) is 20.2 Å². The zero-order valence-electron chi connectivity index (χ0n) is 25.0. The number of rotatable bonds is 3. The lowest BCUT2D eigenvalue weighted by Crippen LogP contribution is -2.37. The molecular formula is C37H34N4O3. The van der Waals surface area contributed by atoms with Crippen molar-refractivity contribution in [1.82, 2.24) is 19.8 Å². The number of ether oxygens (including phenoxy) is 1. The van der Waals surface area contributed by atoms with E-state index in [9.17, 15) is 9.59 Å². The monoisotopic (exact) mass is 582 g/mol. The lowest BCUT2D eigenvalue weighted by Gasteiger charge is -2.25. The van der Waals surface area contributed by atoms with Crippen molar-refractivity contribution in [2.45, 2.75) is 25.9 Å². The minimum absolute atomic E-state index is 0.0000177. The first-order valence-corrected chi connectivity index (χ1v) is 15.0. The molecular weight excluding hydrogens is 548 g/mol. The smallest absolute Gasteiger partial charge is 0.268 e. The summed E-state index contributed by atoms with van der Waals surface area (Å²) in [6, 6.07) is 35.3. The van der Waals surface area contributed by atoms with E-state index in [1.165, 1.54) is 11.1 Å². The Morgan fingerprint density at radius 3 is 1.57 bits per heavy atom. The molecule has 0 fully saturated rings. The Morgan fingerprint density at radius 2 is 1.09 bits per heavy atom. The Kier molecular flexibility index (Phi) is 6.93. The number of fused-ring (bicyclic) bond motifs is 6. The van der Waals surface area contributed by atoms with Crippen LogP contribution in [0.2, 0.25) is 0 Å². The second-order valence-corrected chi connectivity index (χ2v) is 11.5. The molecule has 0 saturated heterocycles. The van der Waals surface area contributed by atoms with Gasteiger partial charge < -0.3 is 24.5 Å². The van der Waals surface area contributed by atoms with Crippen molar-refractivity contribution < 1.29 is 14.3 Å². The van der Waals surface area contributed by atoms with E-state index in [4.69, 9.17) is 4.74 Å². The topological polar surface area (TPSA) is 77.3 Å². The largest absolute Gasteiger partial charge is 0.497 e. The second-order valence-electron chi connectivity index (χ2n) is 11.5. The van der Waals surface area contributed by atoms with Gasteiger partial charge in [-0.2, -0.15) is 0 Å². The number of amides is 2. The standard InChI is InChI=1S/C19H18N2O2.C18H16N2O/c1-12-11-20-19(22)17-10-14-4-3-5-16(18(14)21(12)17)13-6-8-15(23-2)9-7-13;1-12-11-19-18(21)16-10-14-8-5-9-15(17(14)20(12)16)13-6-3-2-4-7-13/h3-10,12H,11H2,1-2H3,(H,20,22);2-10,12H,11H2,1H3,(H,19,21)/t2*12-/m11/s1. The molecule has 0 saturated carbocycles. The molecule has 2 aromatic heterocycles. The Morgan fingerprint density at radius 1 is 0.614 bits per heavy atom. The SMILES string of the molecule is COc1ccc(-c2cccc3cc4n(c23)[C@H](C)CNC4=O)cc1.C[C@@H]1CNC(=O)c2cc3cccc(-c4ccccc4)c3n21. The first-order valence-electron chi connectivity index (χ1n) is 15.0. The third-order valence-corrected chi connectivity index (χ3v) is 8.67. The van der Waals surface area contributed by atoms with E-state index in [0.717, 1.165) is 50.1 Å². The summed E-state index contributed by atoms with van der Waals surface area (Å²) in [5.74, 6) is 0.856. The van der Waals surface area contributed by atoms with Crippen LogP contribution in [0.5, 0.6) is 5.75 Å². The van der Waals surface area contributed by atoms with Crippen molar-refractivity contribution in [3.05, 3.63) is 115 Å². The fourth-order valence-corrected chi connectivity index (χ4v) is 6.53. The van der Waals surface area contributed by atoms with Gasteiger partial charge >= 0.3 is 0 Å². The number of nitrogens with zero attached hydrogens (tertiary/aromatic N) is 2. The van der Waals surface area contributed by atoms with E-state index in [-0.39, 0.29) is 23.9 Å². The van der Waals surface area contributed by atoms with Gasteiger partial charge in [-0.05, 0) is 49.2 Å². The van der Waals surface area contributed by atoms with Crippen molar-refractivity contribution in [3.8, 4) is 28.0 Å². The molecule has 2 N–H and O–H groups in total. The first kappa shape index (κ1) is 27.5. The van der Waals surface area contributed by atoms with Crippen LogP contribution in [0.4, 0.5) is 0 Å². The number of carbonyl (C=O) groups excluding carboxylic acids is 2. The van der Waals surface area contributed by atoms with E-state index in [2.05, 4.69) is 88.2 Å². The molecule has 7 heteroatoms. The normalized spacial score (nSPS) is 17.2. The second kappa shape index (κ2) is 11.1. The van der Waals surface area contributed by atoms with E-state index >= 15 is 0 Å². The molecule has 2 aliphatic heterocycles. The molecule has 4 heterocycles. The van der Waals surface area contributed by atoms with Gasteiger partial charge in [-0.3, -0.25) is 9.59 Å². The third-order valence-electron chi connectivity index (χ3n) is 8.67. The van der Waals surface area contributed by atoms with Gasteiger partial charge in [0.25, 0.3) is 11.8 Å². The van der Waals surface area contributed by atoms with Crippen LogP contribution in [-0.2, 0) is 0 Å². The molecule has 2 amide bonds. The van der Waals surface area contributed by atoms with Crippen molar-refractivity contribution >= 4 is 33.6 Å². The highest BCUT2D eigenvalue weighted by atomic mass is 16.5. The zero-order chi connectivity index (χ0) is 30.4. The number of para-hydroxylation sites is 2. The quantitative estimate of drug-likeness (QED) is 0.231. The molecule has 0 radical (unpaired) electrons. The van der Waals surface area contributed by atoms with Crippen molar-refractivity contribution in [2.24, 2.45) is 0 Å². The minimum Gasteiger partial charge on any atom is -0.497 e. The number of hydrogen-bond donors (Lipinski definition) is 2. The van der Waals surface area contributed by atoms with Crippen molar-refractivity contribution in [1.29, 1.82) is 0 Å². The molecule has 6 aromatic rings. The Labute approximate surface area is 256 Å². The summed E-state index contributed by atoms with van der Waals surface area (Å²) in [6.07, 6.45) is 0. The van der Waals surface area contributed by atoms with Gasteiger partial charge in [0.2, 0.25) is 0 Å². The van der Waals surface area contributed by atoms with Crippen LogP contribution >= 0.6 is 0 Å². The van der Waals surface area contributed by atoms with Crippen LogP contribution in [0.3, 0.4) is 0 Å². The summed E-state index contributed by atoms with van der Waals surface area (Å²) in [5.41, 5.74) is 8.39. The molecule has 220 valence electrons. The van der Waals surface area contributed by atoms with Crippen LogP contribution < -0.4 is 15.4 Å². The average Bonchev–Trinajstić information content (AvgIpc) is 3.67. The molecule has 2 aliphatic rings. The third kappa shape index (κ3) is 4.61. The molecule has 2 atom stereocenters. The molecule has 0 aliphatic carbocycles. The number of hydrogen-bond acceptors (Lipinski definition) is 3. The molecule has 8 rings (SSSR count). The highest BCUT2D eigenvalue weighted by molar-refractivity contribution is 6.05. The van der Waals surface area contributed by atoms with Gasteiger partial charge in [-0.1, -0.05) is 78.9 Å². The molecule has 0 spiro atoms. The van der Waals surface area contributed by atoms with Gasteiger partial charge in [0.1, 0.15) is 17.1 Å². The number of aromatic nitrogens is 2. The van der Waals surface area contributed by atoms with E-state index < -0.39 is 0 Å². The number of carbonyl (C=O) groups is 2.